The summed E-state index contributed by atoms with van der Waals surface area (Å²) in [4.78, 5) is 11.0. The number of benzene rings is 1. The molecule has 0 spiro atoms. The molecule has 1 aliphatic rings. The highest BCUT2D eigenvalue weighted by Crippen LogP contribution is 2.42. The average molecular weight is 305 g/mol. The second-order valence-corrected chi connectivity index (χ2v) is 5.88. The van der Waals surface area contributed by atoms with Crippen molar-refractivity contribution >= 4 is 11.6 Å². The van der Waals surface area contributed by atoms with Gasteiger partial charge in [0.15, 0.2) is 0 Å². The van der Waals surface area contributed by atoms with Crippen molar-refractivity contribution in [3.05, 3.63) is 56.5 Å². The summed E-state index contributed by atoms with van der Waals surface area (Å²) in [6.07, 6.45) is 3.64. The largest absolute Gasteiger partial charge is 0.487 e. The van der Waals surface area contributed by atoms with E-state index in [1.54, 1.807) is 6.07 Å². The number of aromatic nitrogens is 2. The Labute approximate surface area is 128 Å². The van der Waals surface area contributed by atoms with Gasteiger partial charge in [0.05, 0.1) is 5.69 Å². The van der Waals surface area contributed by atoms with Gasteiger partial charge in [-0.15, -0.1) is 0 Å². The lowest BCUT2D eigenvalue weighted by Crippen LogP contribution is -2.12. The quantitative estimate of drug-likeness (QED) is 0.939. The van der Waals surface area contributed by atoms with E-state index in [1.807, 2.05) is 19.1 Å². The van der Waals surface area contributed by atoms with E-state index in [1.165, 1.54) is 30.9 Å². The molecule has 4 nitrogen and oxygen atoms in total. The lowest BCUT2D eigenvalue weighted by Gasteiger charge is -2.28. The van der Waals surface area contributed by atoms with Gasteiger partial charge in [-0.1, -0.05) is 18.0 Å². The first kappa shape index (κ1) is 14.1. The van der Waals surface area contributed by atoms with Crippen molar-refractivity contribution < 1.29 is 4.74 Å². The first-order valence-electron chi connectivity index (χ1n) is 7.11. The molecule has 1 N–H and O–H groups in total. The van der Waals surface area contributed by atoms with Gasteiger partial charge in [-0.3, -0.25) is 4.79 Å². The van der Waals surface area contributed by atoms with E-state index in [2.05, 4.69) is 10.2 Å². The van der Waals surface area contributed by atoms with Crippen LogP contribution in [0.2, 0.25) is 5.02 Å². The number of nitrogens with one attached hydrogen (secondary N) is 1. The maximum absolute atomic E-state index is 11.0. The topological polar surface area (TPSA) is 55.0 Å². The fourth-order valence-electron chi connectivity index (χ4n) is 2.44. The van der Waals surface area contributed by atoms with E-state index >= 15 is 0 Å². The van der Waals surface area contributed by atoms with Crippen LogP contribution in [0, 0.1) is 6.92 Å². The van der Waals surface area contributed by atoms with Crippen LogP contribution < -0.4 is 10.3 Å². The smallest absolute Gasteiger partial charge is 0.264 e. The van der Waals surface area contributed by atoms with Gasteiger partial charge < -0.3 is 4.74 Å². The average Bonchev–Trinajstić information content (AvgIpc) is 2.41. The van der Waals surface area contributed by atoms with Crippen molar-refractivity contribution in [1.82, 2.24) is 10.2 Å². The Morgan fingerprint density at radius 1 is 1.38 bits per heavy atom. The van der Waals surface area contributed by atoms with Gasteiger partial charge in [0.25, 0.3) is 5.56 Å². The summed E-state index contributed by atoms with van der Waals surface area (Å²) in [5, 5.41) is 7.15. The molecule has 110 valence electrons. The number of hydrogen-bond donors (Lipinski definition) is 1. The van der Waals surface area contributed by atoms with Gasteiger partial charge in [-0.05, 0) is 55.0 Å². The molecule has 2 aromatic rings. The van der Waals surface area contributed by atoms with Gasteiger partial charge in [0.2, 0.25) is 0 Å². The molecule has 5 heteroatoms. The first-order chi connectivity index (χ1) is 10.1. The number of aromatic amines is 1. The number of halogens is 1. The number of aryl methyl sites for hydroxylation is 1. The van der Waals surface area contributed by atoms with Crippen molar-refractivity contribution in [3.63, 3.8) is 0 Å². The molecule has 1 saturated carbocycles. The number of hydrogen-bond acceptors (Lipinski definition) is 3. The Balaban J connectivity index is 1.81. The van der Waals surface area contributed by atoms with Crippen molar-refractivity contribution in [2.75, 3.05) is 0 Å². The Bertz CT molecular complexity index is 687. The zero-order valence-electron chi connectivity index (χ0n) is 11.9. The maximum Gasteiger partial charge on any atom is 0.264 e. The zero-order valence-corrected chi connectivity index (χ0v) is 12.6. The zero-order chi connectivity index (χ0) is 14.8. The van der Waals surface area contributed by atoms with E-state index < -0.39 is 0 Å². The Morgan fingerprint density at radius 2 is 2.19 bits per heavy atom. The minimum absolute atomic E-state index is 0.212. The third kappa shape index (κ3) is 3.10. The fourth-order valence-corrected chi connectivity index (χ4v) is 2.61. The van der Waals surface area contributed by atoms with Gasteiger partial charge in [0.1, 0.15) is 12.4 Å². The summed E-state index contributed by atoms with van der Waals surface area (Å²) in [6, 6.07) is 7.13. The van der Waals surface area contributed by atoms with Crippen LogP contribution in [0.4, 0.5) is 0 Å². The predicted molar refractivity (Wildman–Crippen MR) is 82.0 cm³/mol. The Morgan fingerprint density at radius 3 is 2.81 bits per heavy atom. The van der Waals surface area contributed by atoms with Crippen LogP contribution >= 0.6 is 11.6 Å². The highest BCUT2D eigenvalue weighted by Gasteiger charge is 2.24. The fraction of sp³-hybridized carbons (Fsp3) is 0.375. The molecule has 1 heterocycles. The molecule has 21 heavy (non-hydrogen) atoms. The molecule has 0 unspecified atom stereocenters. The minimum atomic E-state index is -0.212. The van der Waals surface area contributed by atoms with Crippen LogP contribution in [0.5, 0.6) is 5.75 Å². The van der Waals surface area contributed by atoms with Crippen LogP contribution in [0.1, 0.15) is 42.0 Å². The second kappa shape index (κ2) is 5.90. The highest BCUT2D eigenvalue weighted by molar-refractivity contribution is 6.31. The normalized spacial score (nSPS) is 14.8. The van der Waals surface area contributed by atoms with Crippen LogP contribution in [0.3, 0.4) is 0 Å². The molecule has 0 aliphatic heterocycles. The molecular weight excluding hydrogens is 288 g/mol. The molecule has 1 aromatic carbocycles. The molecular formula is C16H17ClN2O2. The molecule has 0 amide bonds. The summed E-state index contributed by atoms with van der Waals surface area (Å²) in [5.74, 6) is 1.41. The second-order valence-electron chi connectivity index (χ2n) is 5.47. The van der Waals surface area contributed by atoms with Crippen molar-refractivity contribution in [2.24, 2.45) is 0 Å². The van der Waals surface area contributed by atoms with Crippen molar-refractivity contribution in [1.29, 1.82) is 0 Å². The van der Waals surface area contributed by atoms with E-state index in [9.17, 15) is 4.79 Å². The summed E-state index contributed by atoms with van der Waals surface area (Å²) >= 11 is 6.24. The Hall–Kier alpha value is -1.81. The van der Waals surface area contributed by atoms with Crippen LogP contribution in [0.25, 0.3) is 0 Å². The molecule has 0 radical (unpaired) electrons. The van der Waals surface area contributed by atoms with Crippen molar-refractivity contribution in [3.8, 4) is 5.75 Å². The van der Waals surface area contributed by atoms with Gasteiger partial charge in [-0.25, -0.2) is 5.10 Å². The standard InChI is InChI=1S/C16H17ClN2O2/c1-10-7-15(13(8-14(10)17)11-3-2-4-11)21-9-12-5-6-16(20)19-18-12/h5-8,11H,2-4,9H2,1H3,(H,19,20). The summed E-state index contributed by atoms with van der Waals surface area (Å²) < 4.78 is 5.91. The monoisotopic (exact) mass is 304 g/mol. The van der Waals surface area contributed by atoms with Crippen molar-refractivity contribution in [2.45, 2.75) is 38.7 Å². The lowest BCUT2D eigenvalue weighted by molar-refractivity contribution is 0.288. The van der Waals surface area contributed by atoms with Gasteiger partial charge in [-0.2, -0.15) is 5.10 Å². The Kier molecular flexibility index (Phi) is 3.97. The minimum Gasteiger partial charge on any atom is -0.487 e. The maximum atomic E-state index is 11.0. The molecule has 0 atom stereocenters. The van der Waals surface area contributed by atoms with Crippen LogP contribution in [-0.2, 0) is 6.61 Å². The van der Waals surface area contributed by atoms with Crippen LogP contribution in [-0.4, -0.2) is 10.2 Å². The summed E-state index contributed by atoms with van der Waals surface area (Å²) in [7, 11) is 0. The molecule has 0 saturated heterocycles. The van der Waals surface area contributed by atoms with E-state index in [-0.39, 0.29) is 5.56 Å². The number of nitrogens with zero attached hydrogens (tertiary/aromatic N) is 1. The highest BCUT2D eigenvalue weighted by atomic mass is 35.5. The van der Waals surface area contributed by atoms with E-state index in [0.717, 1.165) is 16.3 Å². The number of rotatable bonds is 4. The van der Waals surface area contributed by atoms with Gasteiger partial charge in [0, 0.05) is 11.1 Å². The molecule has 1 aliphatic carbocycles. The molecule has 1 fully saturated rings. The van der Waals surface area contributed by atoms with Gasteiger partial charge >= 0.3 is 0 Å². The van der Waals surface area contributed by atoms with Crippen LogP contribution in [0.15, 0.2) is 29.1 Å². The first-order valence-corrected chi connectivity index (χ1v) is 7.49. The van der Waals surface area contributed by atoms with E-state index in [0.29, 0.717) is 18.2 Å². The summed E-state index contributed by atoms with van der Waals surface area (Å²) in [5.41, 5.74) is 2.67. The lowest BCUT2D eigenvalue weighted by atomic mass is 9.79. The number of ether oxygens (including phenoxy) is 1. The molecule has 0 bridgehead atoms. The third-order valence-corrected chi connectivity index (χ3v) is 4.36. The summed E-state index contributed by atoms with van der Waals surface area (Å²) in [6.45, 7) is 2.30. The number of H-pyrrole nitrogens is 1. The predicted octanol–water partition coefficient (Wildman–Crippen LogP) is 3.58. The third-order valence-electron chi connectivity index (χ3n) is 3.95. The van der Waals surface area contributed by atoms with E-state index in [4.69, 9.17) is 16.3 Å². The molecule has 3 rings (SSSR count). The SMILES string of the molecule is Cc1cc(OCc2ccc(=O)[nH]n2)c(C2CCC2)cc1Cl. The molecule has 1 aromatic heterocycles.